The first kappa shape index (κ1) is 15.0. The van der Waals surface area contributed by atoms with Gasteiger partial charge in [-0.25, -0.2) is 9.78 Å². The molecule has 1 aromatic heterocycles. The molecule has 1 aromatic carbocycles. The second-order valence-electron chi connectivity index (χ2n) is 5.34. The van der Waals surface area contributed by atoms with E-state index in [4.69, 9.17) is 0 Å². The van der Waals surface area contributed by atoms with E-state index in [0.717, 1.165) is 17.7 Å². The number of pyridine rings is 1. The monoisotopic (exact) mass is 284 g/mol. The van der Waals surface area contributed by atoms with Crippen LogP contribution in [-0.4, -0.2) is 22.1 Å². The number of carboxylic acid groups (broad SMARTS) is 1. The van der Waals surface area contributed by atoms with Crippen LogP contribution >= 0.6 is 0 Å². The lowest BCUT2D eigenvalue weighted by Gasteiger charge is -2.17. The average Bonchev–Trinajstić information content (AvgIpc) is 2.38. The summed E-state index contributed by atoms with van der Waals surface area (Å²) in [6.07, 6.45) is 0.814. The molecule has 0 aliphatic carbocycles. The highest BCUT2D eigenvalue weighted by Crippen LogP contribution is 2.20. The number of anilines is 1. The molecule has 4 nitrogen and oxygen atoms in total. The van der Waals surface area contributed by atoms with Crippen molar-refractivity contribution in [3.63, 3.8) is 0 Å². The summed E-state index contributed by atoms with van der Waals surface area (Å²) in [6.45, 7) is 5.69. The highest BCUT2D eigenvalue weighted by Gasteiger charge is 2.17. The summed E-state index contributed by atoms with van der Waals surface area (Å²) in [7, 11) is 0. The lowest BCUT2D eigenvalue weighted by Crippen LogP contribution is -2.21. The van der Waals surface area contributed by atoms with Crippen molar-refractivity contribution in [2.24, 2.45) is 0 Å². The summed E-state index contributed by atoms with van der Waals surface area (Å²) in [6, 6.07) is 12.0. The molecule has 1 heterocycles. The third-order valence-corrected chi connectivity index (χ3v) is 3.33. The van der Waals surface area contributed by atoms with Crippen LogP contribution in [0.5, 0.6) is 0 Å². The van der Waals surface area contributed by atoms with Crippen molar-refractivity contribution in [1.82, 2.24) is 4.98 Å². The van der Waals surface area contributed by atoms with Crippen LogP contribution in [0.3, 0.4) is 0 Å². The smallest absolute Gasteiger partial charge is 0.339 e. The maximum Gasteiger partial charge on any atom is 0.339 e. The highest BCUT2D eigenvalue weighted by molar-refractivity contribution is 5.94. The molecular formula is C17H20N2O2. The molecular weight excluding hydrogens is 264 g/mol. The summed E-state index contributed by atoms with van der Waals surface area (Å²) in [5.41, 5.74) is 3.00. The molecule has 0 saturated carbocycles. The molecule has 0 aliphatic heterocycles. The van der Waals surface area contributed by atoms with Gasteiger partial charge in [-0.15, -0.1) is 0 Å². The van der Waals surface area contributed by atoms with Crippen molar-refractivity contribution < 1.29 is 9.90 Å². The molecule has 0 saturated heterocycles. The minimum absolute atomic E-state index is 0.0965. The lowest BCUT2D eigenvalue weighted by atomic mass is 10.1. The van der Waals surface area contributed by atoms with E-state index in [1.165, 1.54) is 5.56 Å². The predicted octanol–water partition coefficient (Wildman–Crippen LogP) is 3.44. The number of aromatic carboxylic acids is 1. The molecule has 2 N–H and O–H groups in total. The number of nitrogens with one attached hydrogen (secondary N) is 1. The quantitative estimate of drug-likeness (QED) is 0.883. The molecule has 0 spiro atoms. The fourth-order valence-corrected chi connectivity index (χ4v) is 2.46. The number of aryl methyl sites for hydroxylation is 2. The van der Waals surface area contributed by atoms with Gasteiger partial charge in [-0.05, 0) is 44.4 Å². The Hall–Kier alpha value is -2.36. The maximum atomic E-state index is 11.4. The molecule has 2 aromatic rings. The first-order valence-electron chi connectivity index (χ1n) is 6.99. The SMILES string of the molecule is Cc1cc(C)c(C(=O)O)c(NC(C)Cc2ccccc2)n1. The fraction of sp³-hybridized carbons (Fsp3) is 0.294. The van der Waals surface area contributed by atoms with Crippen molar-refractivity contribution in [2.75, 3.05) is 5.32 Å². The van der Waals surface area contributed by atoms with E-state index in [1.807, 2.05) is 32.0 Å². The second-order valence-corrected chi connectivity index (χ2v) is 5.34. The Kier molecular flexibility index (Phi) is 4.58. The first-order chi connectivity index (χ1) is 9.97. The molecule has 1 atom stereocenters. The van der Waals surface area contributed by atoms with Crippen LogP contribution in [0.15, 0.2) is 36.4 Å². The Labute approximate surface area is 124 Å². The Balaban J connectivity index is 2.20. The number of hydrogen-bond donors (Lipinski definition) is 2. The number of aromatic nitrogens is 1. The van der Waals surface area contributed by atoms with Crippen LogP contribution < -0.4 is 5.32 Å². The van der Waals surface area contributed by atoms with Gasteiger partial charge >= 0.3 is 5.97 Å². The van der Waals surface area contributed by atoms with Crippen LogP contribution in [0, 0.1) is 13.8 Å². The standard InChI is InChI=1S/C17H20N2O2/c1-11-9-12(2)18-16(15(11)17(20)21)19-13(3)10-14-7-5-4-6-8-14/h4-9,13H,10H2,1-3H3,(H,18,19)(H,20,21). The van der Waals surface area contributed by atoms with E-state index >= 15 is 0 Å². The second kappa shape index (κ2) is 6.39. The van der Waals surface area contributed by atoms with Gasteiger partial charge in [0.15, 0.2) is 0 Å². The lowest BCUT2D eigenvalue weighted by molar-refractivity contribution is 0.0697. The minimum atomic E-state index is -0.950. The van der Waals surface area contributed by atoms with Crippen LogP contribution in [0.25, 0.3) is 0 Å². The normalized spacial score (nSPS) is 12.0. The van der Waals surface area contributed by atoms with Gasteiger partial charge in [-0.3, -0.25) is 0 Å². The number of hydrogen-bond acceptors (Lipinski definition) is 3. The number of carbonyl (C=O) groups is 1. The van der Waals surface area contributed by atoms with Gasteiger partial charge in [-0.2, -0.15) is 0 Å². The van der Waals surface area contributed by atoms with Gasteiger partial charge in [0.1, 0.15) is 11.4 Å². The van der Waals surface area contributed by atoms with Crippen LogP contribution in [0.2, 0.25) is 0 Å². The van der Waals surface area contributed by atoms with Gasteiger partial charge in [0.05, 0.1) is 0 Å². The summed E-state index contributed by atoms with van der Waals surface area (Å²) < 4.78 is 0. The van der Waals surface area contributed by atoms with Gasteiger partial charge in [0.25, 0.3) is 0 Å². The number of benzene rings is 1. The Morgan fingerprint density at radius 2 is 1.95 bits per heavy atom. The molecule has 0 bridgehead atoms. The highest BCUT2D eigenvalue weighted by atomic mass is 16.4. The molecule has 0 aliphatic rings. The zero-order valence-electron chi connectivity index (χ0n) is 12.6. The van der Waals surface area contributed by atoms with Crippen LogP contribution in [0.1, 0.15) is 34.1 Å². The molecule has 4 heteroatoms. The van der Waals surface area contributed by atoms with Crippen molar-refractivity contribution in [3.8, 4) is 0 Å². The van der Waals surface area contributed by atoms with Gasteiger partial charge in [0.2, 0.25) is 0 Å². The van der Waals surface area contributed by atoms with E-state index < -0.39 is 5.97 Å². The molecule has 0 radical (unpaired) electrons. The van der Waals surface area contributed by atoms with E-state index in [2.05, 4.69) is 22.4 Å². The number of nitrogens with zero attached hydrogens (tertiary/aromatic N) is 1. The number of rotatable bonds is 5. The van der Waals surface area contributed by atoms with Crippen molar-refractivity contribution in [2.45, 2.75) is 33.2 Å². The fourth-order valence-electron chi connectivity index (χ4n) is 2.46. The number of carboxylic acids is 1. The van der Waals surface area contributed by atoms with E-state index in [-0.39, 0.29) is 11.6 Å². The average molecular weight is 284 g/mol. The largest absolute Gasteiger partial charge is 0.478 e. The van der Waals surface area contributed by atoms with Crippen molar-refractivity contribution >= 4 is 11.8 Å². The predicted molar refractivity (Wildman–Crippen MR) is 83.9 cm³/mol. The summed E-state index contributed by atoms with van der Waals surface area (Å²) in [5.74, 6) is -0.502. The van der Waals surface area contributed by atoms with Gasteiger partial charge < -0.3 is 10.4 Å². The molecule has 110 valence electrons. The third-order valence-electron chi connectivity index (χ3n) is 3.33. The summed E-state index contributed by atoms with van der Waals surface area (Å²) >= 11 is 0. The van der Waals surface area contributed by atoms with Gasteiger partial charge in [0, 0.05) is 11.7 Å². The molecule has 0 fully saturated rings. The first-order valence-corrected chi connectivity index (χ1v) is 6.99. The topological polar surface area (TPSA) is 62.2 Å². The van der Waals surface area contributed by atoms with E-state index in [9.17, 15) is 9.90 Å². The zero-order chi connectivity index (χ0) is 15.4. The summed E-state index contributed by atoms with van der Waals surface area (Å²) in [4.78, 5) is 15.8. The van der Waals surface area contributed by atoms with Crippen molar-refractivity contribution in [1.29, 1.82) is 0 Å². The summed E-state index contributed by atoms with van der Waals surface area (Å²) in [5, 5.41) is 12.6. The van der Waals surface area contributed by atoms with Crippen LogP contribution in [-0.2, 0) is 6.42 Å². The molecule has 0 amide bonds. The van der Waals surface area contributed by atoms with Crippen molar-refractivity contribution in [3.05, 3.63) is 58.8 Å². The van der Waals surface area contributed by atoms with E-state index in [1.54, 1.807) is 13.0 Å². The molecule has 2 rings (SSSR count). The Bertz CT molecular complexity index is 639. The Morgan fingerprint density at radius 1 is 1.29 bits per heavy atom. The molecule has 21 heavy (non-hydrogen) atoms. The molecule has 1 unspecified atom stereocenters. The van der Waals surface area contributed by atoms with Gasteiger partial charge in [-0.1, -0.05) is 30.3 Å². The minimum Gasteiger partial charge on any atom is -0.478 e. The maximum absolute atomic E-state index is 11.4. The van der Waals surface area contributed by atoms with Crippen LogP contribution in [0.4, 0.5) is 5.82 Å². The Morgan fingerprint density at radius 3 is 2.57 bits per heavy atom. The zero-order valence-corrected chi connectivity index (χ0v) is 12.6. The third kappa shape index (κ3) is 3.81. The van der Waals surface area contributed by atoms with E-state index in [0.29, 0.717) is 5.82 Å².